The van der Waals surface area contributed by atoms with Gasteiger partial charge in [-0.15, -0.1) is 0 Å². The molecule has 0 N–H and O–H groups in total. The molecule has 1 aliphatic rings. The third kappa shape index (κ3) is 2.18. The van der Waals surface area contributed by atoms with Gasteiger partial charge in [0.05, 0.1) is 0 Å². The summed E-state index contributed by atoms with van der Waals surface area (Å²) in [4.78, 5) is 2.42. The molecule has 0 unspecified atom stereocenters. The third-order valence-corrected chi connectivity index (χ3v) is 2.25. The molecule has 1 heterocycles. The molecule has 0 aromatic heterocycles. The minimum absolute atomic E-state index is 0.463. The first kappa shape index (κ1) is 7.42. The van der Waals surface area contributed by atoms with Crippen molar-refractivity contribution < 1.29 is 0 Å². The molecular formula is C7H15NS. The molecule has 1 atom stereocenters. The minimum atomic E-state index is 0.463. The quantitative estimate of drug-likeness (QED) is 0.550. The van der Waals surface area contributed by atoms with Gasteiger partial charge >= 0.3 is 0 Å². The van der Waals surface area contributed by atoms with Crippen molar-refractivity contribution in [2.45, 2.75) is 31.6 Å². The normalized spacial score (nSPS) is 26.0. The van der Waals surface area contributed by atoms with Crippen LogP contribution in [0.4, 0.5) is 0 Å². The Hall–Kier alpha value is 0.310. The van der Waals surface area contributed by atoms with Gasteiger partial charge in [0.15, 0.2) is 0 Å². The maximum Gasteiger partial charge on any atom is 0.0499 e. The van der Waals surface area contributed by atoms with Crippen molar-refractivity contribution in [1.82, 2.24) is 4.90 Å². The number of piperidine rings is 1. The van der Waals surface area contributed by atoms with Crippen LogP contribution in [-0.2, 0) is 0 Å². The third-order valence-electron chi connectivity index (χ3n) is 1.92. The van der Waals surface area contributed by atoms with E-state index in [0.717, 1.165) is 0 Å². The first-order valence-corrected chi connectivity index (χ1v) is 4.24. The van der Waals surface area contributed by atoms with Gasteiger partial charge in [-0.3, -0.25) is 4.90 Å². The van der Waals surface area contributed by atoms with Gasteiger partial charge in [0.25, 0.3) is 0 Å². The van der Waals surface area contributed by atoms with Crippen molar-refractivity contribution >= 4 is 12.6 Å². The Kier molecular flexibility index (Phi) is 2.86. The fourth-order valence-corrected chi connectivity index (χ4v) is 1.52. The van der Waals surface area contributed by atoms with E-state index in [0.29, 0.717) is 5.37 Å². The number of thiol groups is 1. The summed E-state index contributed by atoms with van der Waals surface area (Å²) in [6.07, 6.45) is 4.15. The van der Waals surface area contributed by atoms with Gasteiger partial charge in [0.1, 0.15) is 0 Å². The van der Waals surface area contributed by atoms with Crippen LogP contribution in [0.15, 0.2) is 0 Å². The Balaban J connectivity index is 2.23. The molecular weight excluding hydrogens is 130 g/mol. The van der Waals surface area contributed by atoms with Crippen molar-refractivity contribution in [1.29, 1.82) is 0 Å². The average Bonchev–Trinajstić information content (AvgIpc) is 1.90. The van der Waals surface area contributed by atoms with Crippen molar-refractivity contribution in [2.75, 3.05) is 13.1 Å². The van der Waals surface area contributed by atoms with Crippen LogP contribution in [0, 0.1) is 0 Å². The summed E-state index contributed by atoms with van der Waals surface area (Å²) < 4.78 is 0. The highest BCUT2D eigenvalue weighted by molar-refractivity contribution is 7.80. The summed E-state index contributed by atoms with van der Waals surface area (Å²) in [6.45, 7) is 4.66. The number of hydrogen-bond donors (Lipinski definition) is 1. The molecule has 0 aromatic carbocycles. The molecule has 9 heavy (non-hydrogen) atoms. The summed E-state index contributed by atoms with van der Waals surface area (Å²) >= 11 is 4.37. The Morgan fingerprint density at radius 2 is 1.78 bits per heavy atom. The molecule has 0 radical (unpaired) electrons. The molecule has 0 saturated carbocycles. The van der Waals surface area contributed by atoms with Crippen LogP contribution in [0.2, 0.25) is 0 Å². The van der Waals surface area contributed by atoms with Gasteiger partial charge in [0.2, 0.25) is 0 Å². The van der Waals surface area contributed by atoms with E-state index in [1.54, 1.807) is 0 Å². The van der Waals surface area contributed by atoms with E-state index in [1.807, 2.05) is 0 Å². The first-order valence-electron chi connectivity index (χ1n) is 3.73. The lowest BCUT2D eigenvalue weighted by Gasteiger charge is -2.29. The molecule has 2 heteroatoms. The lowest BCUT2D eigenvalue weighted by Crippen LogP contribution is -2.34. The van der Waals surface area contributed by atoms with Gasteiger partial charge in [-0.05, 0) is 32.9 Å². The molecule has 0 bridgehead atoms. The number of rotatable bonds is 1. The lowest BCUT2D eigenvalue weighted by atomic mass is 10.1. The van der Waals surface area contributed by atoms with E-state index >= 15 is 0 Å². The van der Waals surface area contributed by atoms with Crippen LogP contribution in [0.1, 0.15) is 26.2 Å². The van der Waals surface area contributed by atoms with E-state index in [1.165, 1.54) is 32.4 Å². The Bertz CT molecular complexity index is 77.0. The second-order valence-electron chi connectivity index (χ2n) is 2.73. The van der Waals surface area contributed by atoms with Gasteiger partial charge in [-0.25, -0.2) is 0 Å². The first-order chi connectivity index (χ1) is 4.30. The Morgan fingerprint density at radius 3 is 2.11 bits per heavy atom. The zero-order valence-electron chi connectivity index (χ0n) is 6.01. The predicted molar refractivity (Wildman–Crippen MR) is 43.9 cm³/mol. The molecule has 1 fully saturated rings. The fraction of sp³-hybridized carbons (Fsp3) is 1.00. The van der Waals surface area contributed by atoms with Crippen LogP contribution in [0.25, 0.3) is 0 Å². The van der Waals surface area contributed by atoms with E-state index in [4.69, 9.17) is 0 Å². The van der Waals surface area contributed by atoms with Crippen LogP contribution >= 0.6 is 12.6 Å². The number of nitrogens with zero attached hydrogens (tertiary/aromatic N) is 1. The van der Waals surface area contributed by atoms with E-state index in [-0.39, 0.29) is 0 Å². The second-order valence-corrected chi connectivity index (χ2v) is 3.48. The summed E-state index contributed by atoms with van der Waals surface area (Å²) in [7, 11) is 0. The van der Waals surface area contributed by atoms with Crippen molar-refractivity contribution in [3.8, 4) is 0 Å². The highest BCUT2D eigenvalue weighted by Gasteiger charge is 2.12. The van der Waals surface area contributed by atoms with Crippen molar-refractivity contribution in [3.05, 3.63) is 0 Å². The molecule has 1 aliphatic heterocycles. The molecule has 54 valence electrons. The zero-order chi connectivity index (χ0) is 6.69. The highest BCUT2D eigenvalue weighted by atomic mass is 32.1. The van der Waals surface area contributed by atoms with E-state index < -0.39 is 0 Å². The summed E-state index contributed by atoms with van der Waals surface area (Å²) in [6, 6.07) is 0. The summed E-state index contributed by atoms with van der Waals surface area (Å²) in [5, 5.41) is 0.463. The van der Waals surface area contributed by atoms with Crippen molar-refractivity contribution in [3.63, 3.8) is 0 Å². The van der Waals surface area contributed by atoms with Gasteiger partial charge in [-0.1, -0.05) is 6.42 Å². The SMILES string of the molecule is C[C@H](S)N1CCCCC1. The Labute approximate surface area is 62.8 Å². The predicted octanol–water partition coefficient (Wildman–Crippen LogP) is 1.75. The maximum absolute atomic E-state index is 4.37. The molecule has 1 nitrogen and oxygen atoms in total. The number of likely N-dealkylation sites (tertiary alicyclic amines) is 1. The molecule has 0 spiro atoms. The molecule has 1 saturated heterocycles. The van der Waals surface area contributed by atoms with Gasteiger partial charge in [-0.2, -0.15) is 12.6 Å². The minimum Gasteiger partial charge on any atom is -0.292 e. The van der Waals surface area contributed by atoms with E-state index in [2.05, 4.69) is 24.5 Å². The zero-order valence-corrected chi connectivity index (χ0v) is 6.90. The van der Waals surface area contributed by atoms with Gasteiger partial charge in [0, 0.05) is 5.37 Å². The highest BCUT2D eigenvalue weighted by Crippen LogP contribution is 2.12. The Morgan fingerprint density at radius 1 is 1.22 bits per heavy atom. The van der Waals surface area contributed by atoms with Gasteiger partial charge < -0.3 is 0 Å². The monoisotopic (exact) mass is 145 g/mol. The second kappa shape index (κ2) is 3.47. The standard InChI is InChI=1S/C7H15NS/c1-7(9)8-5-3-2-4-6-8/h7,9H,2-6H2,1H3/t7-/m0/s1. The smallest absolute Gasteiger partial charge is 0.0499 e. The topological polar surface area (TPSA) is 3.24 Å². The van der Waals surface area contributed by atoms with Crippen LogP contribution in [-0.4, -0.2) is 23.4 Å². The molecule has 0 aliphatic carbocycles. The fourth-order valence-electron chi connectivity index (χ4n) is 1.29. The summed E-state index contributed by atoms with van der Waals surface area (Å²) in [5.74, 6) is 0. The summed E-state index contributed by atoms with van der Waals surface area (Å²) in [5.41, 5.74) is 0. The molecule has 0 amide bonds. The van der Waals surface area contributed by atoms with Crippen molar-refractivity contribution in [2.24, 2.45) is 0 Å². The number of hydrogen-bond acceptors (Lipinski definition) is 2. The van der Waals surface area contributed by atoms with Crippen LogP contribution in [0.3, 0.4) is 0 Å². The molecule has 0 aromatic rings. The largest absolute Gasteiger partial charge is 0.292 e. The van der Waals surface area contributed by atoms with Crippen LogP contribution < -0.4 is 0 Å². The molecule has 1 rings (SSSR count). The maximum atomic E-state index is 4.37. The average molecular weight is 145 g/mol. The lowest BCUT2D eigenvalue weighted by molar-refractivity contribution is 0.223. The van der Waals surface area contributed by atoms with E-state index in [9.17, 15) is 0 Å². The van der Waals surface area contributed by atoms with Crippen LogP contribution in [0.5, 0.6) is 0 Å².